The summed E-state index contributed by atoms with van der Waals surface area (Å²) in [5, 5.41) is 13.8. The van der Waals surface area contributed by atoms with Crippen molar-refractivity contribution >= 4 is 0 Å². The van der Waals surface area contributed by atoms with Gasteiger partial charge in [0.2, 0.25) is 0 Å². The third-order valence-electron chi connectivity index (χ3n) is 5.98. The average molecular weight is 447 g/mol. The Hall–Kier alpha value is -2.70. The fraction of sp³-hybridized carbons (Fsp3) is 0.357. The summed E-state index contributed by atoms with van der Waals surface area (Å²) < 4.78 is 11.3. The predicted molar refractivity (Wildman–Crippen MR) is 132 cm³/mol. The van der Waals surface area contributed by atoms with Crippen LogP contribution in [0.4, 0.5) is 0 Å². The maximum atomic E-state index is 10.5. The fourth-order valence-corrected chi connectivity index (χ4v) is 4.01. The Morgan fingerprint density at radius 1 is 0.879 bits per heavy atom. The first-order valence-corrected chi connectivity index (χ1v) is 11.8. The summed E-state index contributed by atoms with van der Waals surface area (Å²) in [6.45, 7) is 6.77. The van der Waals surface area contributed by atoms with E-state index in [1.807, 2.05) is 42.5 Å². The Morgan fingerprint density at radius 2 is 1.55 bits per heavy atom. The number of hydrogen-bond acceptors (Lipinski definition) is 5. The first-order chi connectivity index (χ1) is 16.3. The number of nitrogens with zero attached hydrogens (tertiary/aromatic N) is 1. The molecule has 4 rings (SSSR count). The van der Waals surface area contributed by atoms with E-state index in [1.165, 1.54) is 5.56 Å². The second kappa shape index (κ2) is 12.5. The van der Waals surface area contributed by atoms with Crippen molar-refractivity contribution in [2.45, 2.75) is 19.1 Å². The molecule has 3 aromatic carbocycles. The topological polar surface area (TPSA) is 54.0 Å². The molecule has 0 aliphatic carbocycles. The molecule has 1 atom stereocenters. The van der Waals surface area contributed by atoms with Gasteiger partial charge in [0.1, 0.15) is 5.75 Å². The minimum atomic E-state index is -0.531. The lowest BCUT2D eigenvalue weighted by atomic mass is 10.0. The summed E-state index contributed by atoms with van der Waals surface area (Å²) >= 11 is 0. The van der Waals surface area contributed by atoms with Gasteiger partial charge < -0.3 is 19.9 Å². The second-order valence-electron chi connectivity index (χ2n) is 8.43. The Morgan fingerprint density at radius 3 is 2.24 bits per heavy atom. The van der Waals surface area contributed by atoms with Crippen LogP contribution in [-0.2, 0) is 11.3 Å². The summed E-state index contributed by atoms with van der Waals surface area (Å²) in [5.74, 6) is 0.900. The summed E-state index contributed by atoms with van der Waals surface area (Å²) in [7, 11) is 0. The maximum absolute atomic E-state index is 10.5. The molecule has 0 radical (unpaired) electrons. The molecule has 33 heavy (non-hydrogen) atoms. The van der Waals surface area contributed by atoms with E-state index in [2.05, 4.69) is 46.6 Å². The third-order valence-corrected chi connectivity index (χ3v) is 5.98. The molecule has 1 aliphatic heterocycles. The molecular weight excluding hydrogens is 412 g/mol. The van der Waals surface area contributed by atoms with Gasteiger partial charge in [0.15, 0.2) is 0 Å². The zero-order valence-corrected chi connectivity index (χ0v) is 19.2. The van der Waals surface area contributed by atoms with Gasteiger partial charge in [0.25, 0.3) is 0 Å². The van der Waals surface area contributed by atoms with E-state index in [0.29, 0.717) is 6.54 Å². The van der Waals surface area contributed by atoms with Crippen molar-refractivity contribution in [1.29, 1.82) is 0 Å². The number of ether oxygens (including phenoxy) is 2. The quantitative estimate of drug-likeness (QED) is 0.431. The van der Waals surface area contributed by atoms with Crippen LogP contribution in [0.5, 0.6) is 5.75 Å². The van der Waals surface area contributed by atoms with Gasteiger partial charge in [-0.3, -0.25) is 4.90 Å². The maximum Gasteiger partial charge on any atom is 0.119 e. The van der Waals surface area contributed by atoms with Gasteiger partial charge in [-0.05, 0) is 40.8 Å². The smallest absolute Gasteiger partial charge is 0.119 e. The molecule has 1 aliphatic rings. The number of morpholine rings is 1. The fourth-order valence-electron chi connectivity index (χ4n) is 4.01. The highest BCUT2D eigenvalue weighted by molar-refractivity contribution is 5.64. The highest BCUT2D eigenvalue weighted by atomic mass is 16.5. The van der Waals surface area contributed by atoms with E-state index >= 15 is 0 Å². The predicted octanol–water partition coefficient (Wildman–Crippen LogP) is 4.28. The van der Waals surface area contributed by atoms with E-state index in [1.54, 1.807) is 0 Å². The van der Waals surface area contributed by atoms with E-state index in [-0.39, 0.29) is 0 Å². The number of aliphatic hydroxyl groups excluding tert-OH is 1. The lowest BCUT2D eigenvalue weighted by molar-refractivity contribution is 0.0358. The van der Waals surface area contributed by atoms with Crippen molar-refractivity contribution in [2.75, 3.05) is 46.0 Å². The van der Waals surface area contributed by atoms with Crippen molar-refractivity contribution in [2.24, 2.45) is 0 Å². The van der Waals surface area contributed by atoms with E-state index < -0.39 is 6.10 Å². The standard InChI is InChI=1S/C28H34N2O3/c31-28(22-29-21-23-5-2-1-3-6-23)26-9-7-24(8-10-26)25-11-13-27(14-12-25)33-18-4-15-30-16-19-32-20-17-30/h1-3,5-14,28-29,31H,4,15-22H2. The van der Waals surface area contributed by atoms with Crippen LogP contribution in [0, 0.1) is 0 Å². The number of nitrogens with one attached hydrogen (secondary N) is 1. The van der Waals surface area contributed by atoms with E-state index in [4.69, 9.17) is 9.47 Å². The molecule has 0 bridgehead atoms. The van der Waals surface area contributed by atoms with E-state index in [0.717, 1.165) is 74.9 Å². The van der Waals surface area contributed by atoms with Crippen LogP contribution >= 0.6 is 0 Å². The Balaban J connectivity index is 1.21. The van der Waals surface area contributed by atoms with Crippen LogP contribution in [0.25, 0.3) is 11.1 Å². The molecule has 5 nitrogen and oxygen atoms in total. The molecule has 1 fully saturated rings. The molecule has 1 unspecified atom stereocenters. The highest BCUT2D eigenvalue weighted by Gasteiger charge is 2.10. The SMILES string of the molecule is OC(CNCc1ccccc1)c1ccc(-c2ccc(OCCCN3CCOCC3)cc2)cc1. The summed E-state index contributed by atoms with van der Waals surface area (Å²) in [4.78, 5) is 2.43. The van der Waals surface area contributed by atoms with Crippen molar-refractivity contribution in [3.8, 4) is 16.9 Å². The van der Waals surface area contributed by atoms with Crippen LogP contribution in [0.3, 0.4) is 0 Å². The first kappa shape index (κ1) is 23.5. The van der Waals surface area contributed by atoms with Gasteiger partial charge in [-0.1, -0.05) is 66.7 Å². The largest absolute Gasteiger partial charge is 0.494 e. The van der Waals surface area contributed by atoms with E-state index in [9.17, 15) is 5.11 Å². The van der Waals surface area contributed by atoms with Crippen molar-refractivity contribution in [3.05, 3.63) is 90.0 Å². The number of hydrogen-bond donors (Lipinski definition) is 2. The van der Waals surface area contributed by atoms with Gasteiger partial charge >= 0.3 is 0 Å². The molecule has 0 spiro atoms. The molecule has 1 heterocycles. The molecule has 0 aromatic heterocycles. The van der Waals surface area contributed by atoms with Crippen molar-refractivity contribution < 1.29 is 14.6 Å². The summed E-state index contributed by atoms with van der Waals surface area (Å²) in [6.07, 6.45) is 0.488. The van der Waals surface area contributed by atoms with Crippen LogP contribution in [0.2, 0.25) is 0 Å². The van der Waals surface area contributed by atoms with Crippen molar-refractivity contribution in [3.63, 3.8) is 0 Å². The van der Waals surface area contributed by atoms with Gasteiger partial charge in [-0.25, -0.2) is 0 Å². The Kier molecular flexibility index (Phi) is 8.90. The van der Waals surface area contributed by atoms with Gasteiger partial charge in [0, 0.05) is 32.7 Å². The molecule has 5 heteroatoms. The molecule has 2 N–H and O–H groups in total. The second-order valence-corrected chi connectivity index (χ2v) is 8.43. The lowest BCUT2D eigenvalue weighted by Gasteiger charge is -2.26. The Labute approximate surface area is 197 Å². The summed E-state index contributed by atoms with van der Waals surface area (Å²) in [5.41, 5.74) is 4.39. The lowest BCUT2D eigenvalue weighted by Crippen LogP contribution is -2.37. The molecule has 0 amide bonds. The first-order valence-electron chi connectivity index (χ1n) is 11.8. The van der Waals surface area contributed by atoms with Crippen LogP contribution < -0.4 is 10.1 Å². The third kappa shape index (κ3) is 7.41. The van der Waals surface area contributed by atoms with Crippen LogP contribution in [-0.4, -0.2) is 56.0 Å². The molecule has 0 saturated carbocycles. The normalized spacial score (nSPS) is 15.3. The zero-order chi connectivity index (χ0) is 22.7. The molecule has 174 valence electrons. The number of rotatable bonds is 11. The monoisotopic (exact) mass is 446 g/mol. The Bertz CT molecular complexity index is 939. The number of aliphatic hydroxyl groups is 1. The van der Waals surface area contributed by atoms with Gasteiger partial charge in [-0.15, -0.1) is 0 Å². The van der Waals surface area contributed by atoms with Gasteiger partial charge in [0.05, 0.1) is 25.9 Å². The average Bonchev–Trinajstić information content (AvgIpc) is 2.88. The van der Waals surface area contributed by atoms with Crippen LogP contribution in [0.15, 0.2) is 78.9 Å². The van der Waals surface area contributed by atoms with Crippen molar-refractivity contribution in [1.82, 2.24) is 10.2 Å². The minimum absolute atomic E-state index is 0.520. The van der Waals surface area contributed by atoms with Gasteiger partial charge in [-0.2, -0.15) is 0 Å². The minimum Gasteiger partial charge on any atom is -0.494 e. The van der Waals surface area contributed by atoms with Crippen LogP contribution in [0.1, 0.15) is 23.7 Å². The highest BCUT2D eigenvalue weighted by Crippen LogP contribution is 2.24. The molecule has 1 saturated heterocycles. The summed E-state index contributed by atoms with van der Waals surface area (Å²) in [6, 6.07) is 26.6. The zero-order valence-electron chi connectivity index (χ0n) is 19.2. The number of benzene rings is 3. The molecule has 3 aromatic rings. The molecular formula is C28H34N2O3.